The first-order valence-electron chi connectivity index (χ1n) is 10.3. The number of anilines is 2. The Morgan fingerprint density at radius 2 is 1.76 bits per heavy atom. The number of rotatable bonds is 5. The molecule has 2 amide bonds. The number of hydrogen-bond acceptors (Lipinski definition) is 4. The maximum absolute atomic E-state index is 13.9. The third-order valence-corrected chi connectivity index (χ3v) is 5.35. The minimum absolute atomic E-state index is 0.00609. The summed E-state index contributed by atoms with van der Waals surface area (Å²) in [4.78, 5) is 30.4. The predicted molar refractivity (Wildman–Crippen MR) is 118 cm³/mol. The molecule has 0 saturated heterocycles. The standard InChI is InChI=1S/C24H21F3N4O2/c25-24(26,27)20-14-21(32)30-17-10-4-5-12-19(17)31(20)22(33)15-29-23(16-8-2-1-3-9-16)18-11-6-7-13-28-18/h1-13,20,23,29H,14-15H2,(H,30,32)/t20-,23-/m0/s1. The Labute approximate surface area is 188 Å². The van der Waals surface area contributed by atoms with Crippen molar-refractivity contribution in [1.29, 1.82) is 0 Å². The van der Waals surface area contributed by atoms with Crippen LogP contribution in [0.4, 0.5) is 24.5 Å². The zero-order valence-corrected chi connectivity index (χ0v) is 17.4. The molecule has 2 N–H and O–H groups in total. The largest absolute Gasteiger partial charge is 0.409 e. The van der Waals surface area contributed by atoms with Gasteiger partial charge in [-0.25, -0.2) is 0 Å². The van der Waals surface area contributed by atoms with Crippen molar-refractivity contribution >= 4 is 23.2 Å². The van der Waals surface area contributed by atoms with Crippen molar-refractivity contribution in [3.8, 4) is 0 Å². The summed E-state index contributed by atoms with van der Waals surface area (Å²) < 4.78 is 41.8. The van der Waals surface area contributed by atoms with Gasteiger partial charge in [0.05, 0.1) is 36.1 Å². The monoisotopic (exact) mass is 454 g/mol. The van der Waals surface area contributed by atoms with E-state index >= 15 is 0 Å². The highest BCUT2D eigenvalue weighted by Crippen LogP contribution is 2.37. The van der Waals surface area contributed by atoms with Crippen LogP contribution >= 0.6 is 0 Å². The number of carbonyl (C=O) groups excluding carboxylic acids is 2. The van der Waals surface area contributed by atoms with Crippen molar-refractivity contribution in [2.24, 2.45) is 0 Å². The van der Waals surface area contributed by atoms with E-state index in [1.165, 1.54) is 18.2 Å². The second-order valence-corrected chi connectivity index (χ2v) is 7.57. The molecule has 170 valence electrons. The molecule has 0 bridgehead atoms. The second kappa shape index (κ2) is 9.41. The third-order valence-electron chi connectivity index (χ3n) is 5.35. The molecule has 4 rings (SSSR count). The molecule has 0 fully saturated rings. The van der Waals surface area contributed by atoms with Crippen molar-refractivity contribution in [3.63, 3.8) is 0 Å². The van der Waals surface area contributed by atoms with Gasteiger partial charge in [-0.15, -0.1) is 0 Å². The fourth-order valence-electron chi connectivity index (χ4n) is 3.86. The average Bonchev–Trinajstić information content (AvgIpc) is 2.96. The quantitative estimate of drug-likeness (QED) is 0.610. The summed E-state index contributed by atoms with van der Waals surface area (Å²) in [6, 6.07) is 17.7. The summed E-state index contributed by atoms with van der Waals surface area (Å²) >= 11 is 0. The van der Waals surface area contributed by atoms with E-state index in [0.29, 0.717) is 10.6 Å². The molecule has 2 atom stereocenters. The zero-order valence-electron chi connectivity index (χ0n) is 17.4. The minimum Gasteiger partial charge on any atom is -0.324 e. The molecule has 0 radical (unpaired) electrons. The molecule has 0 spiro atoms. The Kier molecular flexibility index (Phi) is 6.41. The first-order chi connectivity index (χ1) is 15.8. The molecule has 9 heteroatoms. The molecule has 0 saturated carbocycles. The summed E-state index contributed by atoms with van der Waals surface area (Å²) in [6.45, 7) is -0.398. The third kappa shape index (κ3) is 5.04. The lowest BCUT2D eigenvalue weighted by Gasteiger charge is -2.32. The van der Waals surface area contributed by atoms with Gasteiger partial charge in [-0.05, 0) is 29.8 Å². The maximum Gasteiger partial charge on any atom is 0.409 e. The van der Waals surface area contributed by atoms with Gasteiger partial charge in [0.15, 0.2) is 0 Å². The summed E-state index contributed by atoms with van der Waals surface area (Å²) in [7, 11) is 0. The van der Waals surface area contributed by atoms with Gasteiger partial charge in [0.25, 0.3) is 0 Å². The Balaban J connectivity index is 1.65. The Morgan fingerprint density at radius 3 is 2.45 bits per heavy atom. The van der Waals surface area contributed by atoms with Gasteiger partial charge >= 0.3 is 6.18 Å². The van der Waals surface area contributed by atoms with E-state index in [2.05, 4.69) is 15.6 Å². The normalized spacial score (nSPS) is 17.0. The Hall–Kier alpha value is -3.72. The van der Waals surface area contributed by atoms with Gasteiger partial charge < -0.3 is 5.32 Å². The summed E-state index contributed by atoms with van der Waals surface area (Å²) in [6.07, 6.45) is -4.06. The molecule has 1 aromatic heterocycles. The summed E-state index contributed by atoms with van der Waals surface area (Å²) in [5.41, 5.74) is 1.60. The van der Waals surface area contributed by atoms with Gasteiger partial charge in [-0.3, -0.25) is 24.8 Å². The highest BCUT2D eigenvalue weighted by Gasteiger charge is 2.48. The number of nitrogens with zero attached hydrogens (tertiary/aromatic N) is 2. The number of pyridine rings is 1. The highest BCUT2D eigenvalue weighted by atomic mass is 19.4. The molecule has 1 aliphatic heterocycles. The van der Waals surface area contributed by atoms with E-state index < -0.39 is 43.0 Å². The fraction of sp³-hybridized carbons (Fsp3) is 0.208. The first kappa shape index (κ1) is 22.5. The molecule has 0 unspecified atom stereocenters. The van der Waals surface area contributed by atoms with Crippen molar-refractivity contribution in [2.45, 2.75) is 24.7 Å². The lowest BCUT2D eigenvalue weighted by molar-refractivity contribution is -0.157. The molecule has 1 aliphatic rings. The van der Waals surface area contributed by atoms with Gasteiger partial charge in [0, 0.05) is 6.20 Å². The van der Waals surface area contributed by atoms with Crippen LogP contribution in [0.5, 0.6) is 0 Å². The number of nitrogens with one attached hydrogen (secondary N) is 2. The molecule has 2 heterocycles. The first-order valence-corrected chi connectivity index (χ1v) is 10.3. The maximum atomic E-state index is 13.9. The molecule has 6 nitrogen and oxygen atoms in total. The van der Waals surface area contributed by atoms with E-state index in [9.17, 15) is 22.8 Å². The van der Waals surface area contributed by atoms with Gasteiger partial charge in [0.2, 0.25) is 11.8 Å². The number of aromatic nitrogens is 1. The number of benzene rings is 2. The van der Waals surface area contributed by atoms with E-state index in [-0.39, 0.29) is 11.4 Å². The van der Waals surface area contributed by atoms with Crippen molar-refractivity contribution in [1.82, 2.24) is 10.3 Å². The van der Waals surface area contributed by atoms with Gasteiger partial charge in [0.1, 0.15) is 6.04 Å². The smallest absolute Gasteiger partial charge is 0.324 e. The number of alkyl halides is 3. The summed E-state index contributed by atoms with van der Waals surface area (Å²) in [5, 5.41) is 5.52. The van der Waals surface area contributed by atoms with E-state index in [4.69, 9.17) is 0 Å². The van der Waals surface area contributed by atoms with Gasteiger partial charge in [-0.1, -0.05) is 48.5 Å². The Bertz CT molecular complexity index is 1080. The molecular weight excluding hydrogens is 433 g/mol. The average molecular weight is 454 g/mol. The number of halogens is 3. The molecule has 33 heavy (non-hydrogen) atoms. The van der Waals surface area contributed by atoms with Crippen LogP contribution in [0.1, 0.15) is 23.7 Å². The van der Waals surface area contributed by atoms with Crippen molar-refractivity contribution < 1.29 is 22.8 Å². The minimum atomic E-state index is -4.79. The second-order valence-electron chi connectivity index (χ2n) is 7.57. The number of amides is 2. The van der Waals surface area contributed by atoms with E-state index in [0.717, 1.165) is 5.56 Å². The van der Waals surface area contributed by atoms with Crippen LogP contribution in [0.3, 0.4) is 0 Å². The van der Waals surface area contributed by atoms with Crippen LogP contribution in [-0.4, -0.2) is 35.6 Å². The number of para-hydroxylation sites is 2. The Morgan fingerprint density at radius 1 is 1.06 bits per heavy atom. The van der Waals surface area contributed by atoms with Crippen LogP contribution in [0.2, 0.25) is 0 Å². The topological polar surface area (TPSA) is 74.3 Å². The molecule has 2 aromatic carbocycles. The van der Waals surface area contributed by atoms with E-state index in [1.807, 2.05) is 30.3 Å². The lowest BCUT2D eigenvalue weighted by atomic mass is 10.0. The zero-order chi connectivity index (χ0) is 23.4. The molecule has 3 aromatic rings. The van der Waals surface area contributed by atoms with Crippen molar-refractivity contribution in [2.75, 3.05) is 16.8 Å². The number of hydrogen-bond donors (Lipinski definition) is 2. The van der Waals surface area contributed by atoms with Crippen LogP contribution in [-0.2, 0) is 9.59 Å². The van der Waals surface area contributed by atoms with Crippen molar-refractivity contribution in [3.05, 3.63) is 90.3 Å². The van der Waals surface area contributed by atoms with Gasteiger partial charge in [-0.2, -0.15) is 13.2 Å². The fourth-order valence-corrected chi connectivity index (χ4v) is 3.86. The van der Waals surface area contributed by atoms with Crippen LogP contribution < -0.4 is 15.5 Å². The number of fused-ring (bicyclic) bond motifs is 1. The van der Waals surface area contributed by atoms with E-state index in [1.54, 1.807) is 30.5 Å². The lowest BCUT2D eigenvalue weighted by Crippen LogP contribution is -2.52. The van der Waals surface area contributed by atoms with Crippen LogP contribution in [0.25, 0.3) is 0 Å². The predicted octanol–water partition coefficient (Wildman–Crippen LogP) is 4.07. The van der Waals surface area contributed by atoms with Crippen LogP contribution in [0.15, 0.2) is 79.0 Å². The molecule has 0 aliphatic carbocycles. The highest BCUT2D eigenvalue weighted by molar-refractivity contribution is 6.05. The number of carbonyl (C=O) groups is 2. The van der Waals surface area contributed by atoms with Crippen LogP contribution in [0, 0.1) is 0 Å². The molecular formula is C24H21F3N4O2. The summed E-state index contributed by atoms with van der Waals surface area (Å²) in [5.74, 6) is -1.61. The SMILES string of the molecule is O=C1C[C@@H](C(F)(F)F)N(C(=O)CN[C@@H](c2ccccc2)c2ccccn2)c2ccccc2N1.